The minimum Gasteiger partial charge on any atom is -0.307 e. The molecule has 2 aromatic rings. The van der Waals surface area contributed by atoms with Gasteiger partial charge in [-0.15, -0.1) is 0 Å². The summed E-state index contributed by atoms with van der Waals surface area (Å²) in [6.07, 6.45) is 1.47. The van der Waals surface area contributed by atoms with Crippen molar-refractivity contribution in [2.24, 2.45) is 5.84 Å². The van der Waals surface area contributed by atoms with Gasteiger partial charge in [0, 0.05) is 9.37 Å². The first kappa shape index (κ1) is 12.8. The van der Waals surface area contributed by atoms with E-state index in [1.807, 2.05) is 24.3 Å². The zero-order chi connectivity index (χ0) is 12.3. The van der Waals surface area contributed by atoms with E-state index in [0.29, 0.717) is 5.82 Å². The second kappa shape index (κ2) is 5.81. The van der Waals surface area contributed by atoms with Gasteiger partial charge in [0.15, 0.2) is 5.82 Å². The molecule has 1 aromatic heterocycles. The van der Waals surface area contributed by atoms with E-state index in [9.17, 15) is 0 Å². The molecule has 0 aliphatic heterocycles. The quantitative estimate of drug-likeness (QED) is 0.488. The molecule has 4 nitrogen and oxygen atoms in total. The lowest BCUT2D eigenvalue weighted by Crippen LogP contribution is -2.09. The molecule has 0 spiro atoms. The average Bonchev–Trinajstić information content (AvgIpc) is 2.34. The van der Waals surface area contributed by atoms with Crippen molar-refractivity contribution >= 4 is 49.4 Å². The first-order valence-corrected chi connectivity index (χ1v) is 7.02. The summed E-state index contributed by atoms with van der Waals surface area (Å²) in [6, 6.07) is 7.94. The number of anilines is 1. The van der Waals surface area contributed by atoms with Crippen molar-refractivity contribution < 1.29 is 0 Å². The molecule has 7 heteroatoms. The van der Waals surface area contributed by atoms with Crippen LogP contribution in [0, 0.1) is 0 Å². The van der Waals surface area contributed by atoms with Gasteiger partial charge in [-0.1, -0.05) is 23.9 Å². The lowest BCUT2D eigenvalue weighted by Gasteiger charge is -2.07. The second-order valence-corrected chi connectivity index (χ2v) is 5.70. The Bertz CT molecular complexity index is 535. The Morgan fingerprint density at radius 2 is 1.94 bits per heavy atom. The Labute approximate surface area is 120 Å². The summed E-state index contributed by atoms with van der Waals surface area (Å²) in [6.45, 7) is 0. The van der Waals surface area contributed by atoms with Crippen LogP contribution in [0.25, 0.3) is 0 Å². The molecular formula is C10H8Br2N4S. The smallest absolute Gasteiger partial charge is 0.158 e. The number of benzene rings is 1. The fraction of sp³-hybridized carbons (Fsp3) is 0. The summed E-state index contributed by atoms with van der Waals surface area (Å²) in [7, 11) is 0. The van der Waals surface area contributed by atoms with Crippen molar-refractivity contribution in [2.75, 3.05) is 5.43 Å². The van der Waals surface area contributed by atoms with Gasteiger partial charge in [-0.05, 0) is 44.0 Å². The summed E-state index contributed by atoms with van der Waals surface area (Å²) < 4.78 is 1.78. The molecule has 0 atom stereocenters. The van der Waals surface area contributed by atoms with Crippen molar-refractivity contribution in [1.29, 1.82) is 0 Å². The monoisotopic (exact) mass is 374 g/mol. The molecule has 0 fully saturated rings. The number of nitrogen functional groups attached to an aromatic ring is 1. The zero-order valence-corrected chi connectivity index (χ0v) is 12.5. The van der Waals surface area contributed by atoms with Crippen molar-refractivity contribution in [3.63, 3.8) is 0 Å². The lowest BCUT2D eigenvalue weighted by atomic mass is 10.4. The number of nitrogens with one attached hydrogen (secondary N) is 1. The maximum absolute atomic E-state index is 5.35. The zero-order valence-electron chi connectivity index (χ0n) is 8.52. The van der Waals surface area contributed by atoms with E-state index in [0.717, 1.165) is 18.9 Å². The van der Waals surface area contributed by atoms with E-state index < -0.39 is 0 Å². The Balaban J connectivity index is 2.34. The average molecular weight is 376 g/mol. The van der Waals surface area contributed by atoms with E-state index in [-0.39, 0.29) is 0 Å². The molecule has 0 aliphatic rings. The van der Waals surface area contributed by atoms with E-state index in [1.165, 1.54) is 18.1 Å². The maximum atomic E-state index is 5.35. The largest absolute Gasteiger partial charge is 0.307 e. The summed E-state index contributed by atoms with van der Waals surface area (Å²) in [5.41, 5.74) is 2.51. The van der Waals surface area contributed by atoms with Crippen molar-refractivity contribution in [3.05, 3.63) is 39.5 Å². The van der Waals surface area contributed by atoms with Crippen LogP contribution in [-0.2, 0) is 0 Å². The van der Waals surface area contributed by atoms with Crippen LogP contribution in [0.2, 0.25) is 0 Å². The molecule has 3 N–H and O–H groups in total. The van der Waals surface area contributed by atoms with Gasteiger partial charge in [0.1, 0.15) is 11.4 Å². The molecule has 88 valence electrons. The van der Waals surface area contributed by atoms with Crippen LogP contribution in [0.1, 0.15) is 0 Å². The molecule has 0 amide bonds. The molecule has 0 bridgehead atoms. The molecule has 1 aromatic carbocycles. The van der Waals surface area contributed by atoms with Gasteiger partial charge in [0.25, 0.3) is 0 Å². The van der Waals surface area contributed by atoms with Crippen LogP contribution in [-0.4, -0.2) is 9.97 Å². The third-order valence-corrected chi connectivity index (χ3v) is 4.98. The normalized spacial score (nSPS) is 10.3. The standard InChI is InChI=1S/C10H8Br2N4S/c11-6-3-1-2-4-7(6)17-10-8(12)9(16-13)14-5-15-10/h1-5H,13H2,(H,14,15,16). The first-order chi connectivity index (χ1) is 8.22. The highest BCUT2D eigenvalue weighted by atomic mass is 79.9. The van der Waals surface area contributed by atoms with Crippen LogP contribution >= 0.6 is 43.6 Å². The summed E-state index contributed by atoms with van der Waals surface area (Å²) in [5, 5.41) is 0.805. The summed E-state index contributed by atoms with van der Waals surface area (Å²) in [5.74, 6) is 5.92. The molecule has 1 heterocycles. The number of nitrogens with zero attached hydrogens (tertiary/aromatic N) is 2. The van der Waals surface area contributed by atoms with Gasteiger partial charge in [0.05, 0.1) is 4.47 Å². The van der Waals surface area contributed by atoms with Crippen molar-refractivity contribution in [1.82, 2.24) is 9.97 Å². The Morgan fingerprint density at radius 3 is 2.65 bits per heavy atom. The van der Waals surface area contributed by atoms with Gasteiger partial charge in [0.2, 0.25) is 0 Å². The van der Waals surface area contributed by atoms with E-state index in [2.05, 4.69) is 47.3 Å². The molecule has 0 aliphatic carbocycles. The number of hydrogen-bond donors (Lipinski definition) is 2. The molecular weight excluding hydrogens is 368 g/mol. The molecule has 0 saturated heterocycles. The fourth-order valence-corrected chi connectivity index (χ4v) is 3.05. The lowest BCUT2D eigenvalue weighted by molar-refractivity contribution is 1.02. The SMILES string of the molecule is NNc1ncnc(Sc2ccccc2Br)c1Br. The molecule has 0 unspecified atom stereocenters. The van der Waals surface area contributed by atoms with Gasteiger partial charge < -0.3 is 5.43 Å². The van der Waals surface area contributed by atoms with Gasteiger partial charge in [-0.2, -0.15) is 0 Å². The van der Waals surface area contributed by atoms with Crippen LogP contribution in [0.4, 0.5) is 5.82 Å². The molecule has 2 rings (SSSR count). The van der Waals surface area contributed by atoms with E-state index in [4.69, 9.17) is 5.84 Å². The third-order valence-electron chi connectivity index (χ3n) is 1.94. The molecule has 0 saturated carbocycles. The highest BCUT2D eigenvalue weighted by molar-refractivity contribution is 9.11. The predicted molar refractivity (Wildman–Crippen MR) is 75.8 cm³/mol. The van der Waals surface area contributed by atoms with Gasteiger partial charge in [-0.25, -0.2) is 15.8 Å². The third kappa shape index (κ3) is 2.98. The fourth-order valence-electron chi connectivity index (χ4n) is 1.16. The summed E-state index contributed by atoms with van der Waals surface area (Å²) >= 11 is 8.44. The van der Waals surface area contributed by atoms with Crippen LogP contribution in [0.15, 0.2) is 49.5 Å². The van der Waals surface area contributed by atoms with E-state index in [1.54, 1.807) is 0 Å². The van der Waals surface area contributed by atoms with Crippen LogP contribution in [0.3, 0.4) is 0 Å². The summed E-state index contributed by atoms with van der Waals surface area (Å²) in [4.78, 5) is 9.29. The number of rotatable bonds is 3. The predicted octanol–water partition coefficient (Wildman–Crippen LogP) is 3.44. The second-order valence-electron chi connectivity index (χ2n) is 3.02. The number of nitrogens with two attached hydrogens (primary N) is 1. The Kier molecular flexibility index (Phi) is 4.38. The minimum absolute atomic E-state index is 0.564. The first-order valence-electron chi connectivity index (χ1n) is 4.62. The molecule has 17 heavy (non-hydrogen) atoms. The van der Waals surface area contributed by atoms with Crippen LogP contribution in [0.5, 0.6) is 0 Å². The number of hydrazine groups is 1. The number of aromatic nitrogens is 2. The Hall–Kier alpha value is -0.630. The topological polar surface area (TPSA) is 63.8 Å². The Morgan fingerprint density at radius 1 is 1.18 bits per heavy atom. The van der Waals surface area contributed by atoms with Gasteiger partial charge >= 0.3 is 0 Å². The maximum Gasteiger partial charge on any atom is 0.158 e. The van der Waals surface area contributed by atoms with Gasteiger partial charge in [-0.3, -0.25) is 0 Å². The minimum atomic E-state index is 0.564. The number of halogens is 2. The van der Waals surface area contributed by atoms with Crippen LogP contribution < -0.4 is 11.3 Å². The van der Waals surface area contributed by atoms with Crippen molar-refractivity contribution in [3.8, 4) is 0 Å². The molecule has 0 radical (unpaired) electrons. The highest BCUT2D eigenvalue weighted by Gasteiger charge is 2.10. The highest BCUT2D eigenvalue weighted by Crippen LogP contribution is 2.37. The van der Waals surface area contributed by atoms with E-state index >= 15 is 0 Å². The number of hydrogen-bond acceptors (Lipinski definition) is 5. The van der Waals surface area contributed by atoms with Crippen molar-refractivity contribution in [2.45, 2.75) is 9.92 Å².